The Bertz CT molecular complexity index is 1130. The van der Waals surface area contributed by atoms with Crippen LogP contribution in [0.2, 0.25) is 0 Å². The van der Waals surface area contributed by atoms with Gasteiger partial charge in [-0.15, -0.1) is 0 Å². The van der Waals surface area contributed by atoms with Gasteiger partial charge >= 0.3 is 11.9 Å². The summed E-state index contributed by atoms with van der Waals surface area (Å²) in [5.74, 6) is -4.79. The second kappa shape index (κ2) is 14.5. The summed E-state index contributed by atoms with van der Waals surface area (Å²) in [6.07, 6.45) is 3.15. The van der Waals surface area contributed by atoms with Crippen molar-refractivity contribution in [3.05, 3.63) is 36.0 Å². The van der Waals surface area contributed by atoms with Crippen LogP contribution in [0.4, 0.5) is 0 Å². The van der Waals surface area contributed by atoms with Crippen LogP contribution < -0.4 is 21.7 Å². The zero-order chi connectivity index (χ0) is 27.5. The van der Waals surface area contributed by atoms with Gasteiger partial charge in [0.15, 0.2) is 0 Å². The normalized spacial score (nSPS) is 14.2. The molecule has 0 saturated heterocycles. The summed E-state index contributed by atoms with van der Waals surface area (Å²) >= 11 is 5.38. The molecule has 3 amide bonds. The molecule has 0 aliphatic heterocycles. The van der Waals surface area contributed by atoms with Crippen molar-refractivity contribution in [2.75, 3.05) is 17.8 Å². The lowest BCUT2D eigenvalue weighted by Gasteiger charge is -2.24. The summed E-state index contributed by atoms with van der Waals surface area (Å²) in [7, 11) is 0. The number of para-hydroxylation sites is 1. The van der Waals surface area contributed by atoms with Crippen molar-refractivity contribution < 1.29 is 34.2 Å². The quantitative estimate of drug-likeness (QED) is 0.137. The predicted molar refractivity (Wildman–Crippen MR) is 143 cm³/mol. The highest BCUT2D eigenvalue weighted by Crippen LogP contribution is 2.19. The lowest BCUT2D eigenvalue weighted by Crippen LogP contribution is -2.58. The molecule has 12 nitrogen and oxygen atoms in total. The van der Waals surface area contributed by atoms with E-state index in [9.17, 15) is 29.1 Å². The van der Waals surface area contributed by atoms with Gasteiger partial charge in [0, 0.05) is 29.3 Å². The molecule has 2 aromatic rings. The molecular formula is C23H31N5O7S2. The Kier molecular flexibility index (Phi) is 11.8. The number of carboxylic acid groups (broad SMARTS) is 2. The molecule has 4 unspecified atom stereocenters. The van der Waals surface area contributed by atoms with Gasteiger partial charge in [0.1, 0.15) is 18.1 Å². The topological polar surface area (TPSA) is 204 Å². The van der Waals surface area contributed by atoms with Crippen molar-refractivity contribution in [3.63, 3.8) is 0 Å². The van der Waals surface area contributed by atoms with Gasteiger partial charge in [0.25, 0.3) is 0 Å². The first-order chi connectivity index (χ1) is 17.6. The molecule has 4 atom stereocenters. The predicted octanol–water partition coefficient (Wildman–Crippen LogP) is -0.266. The number of nitrogens with one attached hydrogen (secondary N) is 4. The number of carbonyl (C=O) groups is 5. The fraction of sp³-hybridized carbons (Fsp3) is 0.435. The average molecular weight is 554 g/mol. The SMILES string of the molecule is CSCCC(N)C(=O)NC(Cc1c[nH]c2ccccc12)C(=O)NC(CC(=O)O)C(=O)NC(CS)C(=O)O. The Labute approximate surface area is 222 Å². The van der Waals surface area contributed by atoms with E-state index in [2.05, 4.69) is 33.6 Å². The number of carbonyl (C=O) groups excluding carboxylic acids is 3. The van der Waals surface area contributed by atoms with E-state index in [0.29, 0.717) is 17.7 Å². The molecule has 37 heavy (non-hydrogen) atoms. The van der Waals surface area contributed by atoms with E-state index in [0.717, 1.165) is 10.9 Å². The van der Waals surface area contributed by atoms with Crippen molar-refractivity contribution in [3.8, 4) is 0 Å². The van der Waals surface area contributed by atoms with E-state index in [-0.39, 0.29) is 12.2 Å². The minimum absolute atomic E-state index is 0.0205. The summed E-state index contributed by atoms with van der Waals surface area (Å²) < 4.78 is 0. The molecule has 0 bridgehead atoms. The summed E-state index contributed by atoms with van der Waals surface area (Å²) in [5, 5.41) is 26.4. The van der Waals surface area contributed by atoms with Crippen molar-refractivity contribution in [2.45, 2.75) is 43.4 Å². The average Bonchev–Trinajstić information content (AvgIpc) is 3.26. The second-order valence-corrected chi connectivity index (χ2v) is 9.60. The minimum atomic E-state index is -1.60. The number of rotatable bonds is 15. The minimum Gasteiger partial charge on any atom is -0.481 e. The maximum Gasteiger partial charge on any atom is 0.327 e. The number of aliphatic carboxylic acids is 2. The van der Waals surface area contributed by atoms with E-state index in [1.807, 2.05) is 30.5 Å². The Hall–Kier alpha value is -3.23. The van der Waals surface area contributed by atoms with Crippen LogP contribution in [0.3, 0.4) is 0 Å². The highest BCUT2D eigenvalue weighted by molar-refractivity contribution is 7.98. The third-order valence-corrected chi connectivity index (χ3v) is 6.52. The maximum atomic E-state index is 13.3. The zero-order valence-electron chi connectivity index (χ0n) is 20.1. The first kappa shape index (κ1) is 30.0. The van der Waals surface area contributed by atoms with Gasteiger partial charge in [0.05, 0.1) is 12.5 Å². The van der Waals surface area contributed by atoms with E-state index in [4.69, 9.17) is 10.8 Å². The van der Waals surface area contributed by atoms with Crippen LogP contribution in [0.15, 0.2) is 30.5 Å². The standard InChI is InChI=1S/C23H31N5O7S2/c1-37-7-6-14(24)20(31)26-16(8-12-10-25-15-5-3-2-4-13(12)15)21(32)27-17(9-19(29)30)22(33)28-18(11-36)23(34)35/h2-5,10,14,16-18,25,36H,6-9,11,24H2,1H3,(H,26,31)(H,27,32)(H,28,33)(H,29,30)(H,34,35). The van der Waals surface area contributed by atoms with E-state index in [1.54, 1.807) is 6.20 Å². The second-order valence-electron chi connectivity index (χ2n) is 8.25. The van der Waals surface area contributed by atoms with Crippen molar-refractivity contribution >= 4 is 65.0 Å². The number of amides is 3. The lowest BCUT2D eigenvalue weighted by atomic mass is 10.0. The molecule has 1 aromatic heterocycles. The number of hydrogen-bond donors (Lipinski definition) is 8. The number of hydrogen-bond acceptors (Lipinski definition) is 8. The Balaban J connectivity index is 2.29. The summed E-state index contributed by atoms with van der Waals surface area (Å²) in [5.41, 5.74) is 7.48. The molecule has 8 N–H and O–H groups in total. The number of aromatic amines is 1. The molecule has 2 rings (SSSR count). The van der Waals surface area contributed by atoms with Crippen molar-refractivity contribution in [1.29, 1.82) is 0 Å². The molecule has 202 valence electrons. The molecule has 1 heterocycles. The Morgan fingerprint density at radius 3 is 2.24 bits per heavy atom. The monoisotopic (exact) mass is 553 g/mol. The first-order valence-corrected chi connectivity index (χ1v) is 13.4. The summed E-state index contributed by atoms with van der Waals surface area (Å²) in [4.78, 5) is 64.4. The number of nitrogens with two attached hydrogens (primary N) is 1. The van der Waals surface area contributed by atoms with Gasteiger partial charge in [-0.25, -0.2) is 4.79 Å². The molecule has 0 aliphatic carbocycles. The fourth-order valence-corrected chi connectivity index (χ4v) is 4.24. The molecule has 0 radical (unpaired) electrons. The van der Waals surface area contributed by atoms with Gasteiger partial charge in [-0.1, -0.05) is 18.2 Å². The van der Waals surface area contributed by atoms with Crippen LogP contribution in [0.25, 0.3) is 10.9 Å². The van der Waals surface area contributed by atoms with Crippen molar-refractivity contribution in [2.24, 2.45) is 5.73 Å². The first-order valence-electron chi connectivity index (χ1n) is 11.3. The fourth-order valence-electron chi connectivity index (χ4n) is 3.50. The summed E-state index contributed by atoms with van der Waals surface area (Å²) in [6.45, 7) is 0. The summed E-state index contributed by atoms with van der Waals surface area (Å²) in [6, 6.07) is 2.28. The number of aromatic nitrogens is 1. The van der Waals surface area contributed by atoms with Crippen LogP contribution >= 0.6 is 24.4 Å². The number of H-pyrrole nitrogens is 1. The number of thiol groups is 1. The molecule has 0 spiro atoms. The van der Waals surface area contributed by atoms with Crippen LogP contribution in [0.1, 0.15) is 18.4 Å². The van der Waals surface area contributed by atoms with Gasteiger partial charge in [-0.05, 0) is 30.1 Å². The highest BCUT2D eigenvalue weighted by atomic mass is 32.2. The molecule has 0 aliphatic rings. The van der Waals surface area contributed by atoms with Crippen LogP contribution in [0, 0.1) is 0 Å². The highest BCUT2D eigenvalue weighted by Gasteiger charge is 2.31. The van der Waals surface area contributed by atoms with Gasteiger partial charge in [-0.2, -0.15) is 24.4 Å². The van der Waals surface area contributed by atoms with Gasteiger partial charge in [0.2, 0.25) is 17.7 Å². The van der Waals surface area contributed by atoms with Gasteiger partial charge < -0.3 is 36.9 Å². The molecule has 0 fully saturated rings. The number of thioether (sulfide) groups is 1. The van der Waals surface area contributed by atoms with E-state index >= 15 is 0 Å². The van der Waals surface area contributed by atoms with Crippen molar-refractivity contribution in [1.82, 2.24) is 20.9 Å². The number of carboxylic acids is 2. The smallest absolute Gasteiger partial charge is 0.327 e. The third kappa shape index (κ3) is 8.98. The molecule has 0 saturated carbocycles. The van der Waals surface area contributed by atoms with Gasteiger partial charge in [-0.3, -0.25) is 19.2 Å². The largest absolute Gasteiger partial charge is 0.481 e. The Morgan fingerprint density at radius 1 is 1.00 bits per heavy atom. The third-order valence-electron chi connectivity index (χ3n) is 5.51. The zero-order valence-corrected chi connectivity index (χ0v) is 21.8. The van der Waals surface area contributed by atoms with Crippen LogP contribution in [-0.2, 0) is 30.4 Å². The number of benzene rings is 1. The molecule has 14 heteroatoms. The molecular weight excluding hydrogens is 522 g/mol. The molecule has 1 aromatic carbocycles. The lowest BCUT2D eigenvalue weighted by molar-refractivity contribution is -0.143. The van der Waals surface area contributed by atoms with E-state index in [1.165, 1.54) is 11.8 Å². The van der Waals surface area contributed by atoms with E-state index < -0.39 is 60.2 Å². The number of fused-ring (bicyclic) bond motifs is 1. The Morgan fingerprint density at radius 2 is 1.62 bits per heavy atom. The van der Waals surface area contributed by atoms with Crippen LogP contribution in [0.5, 0.6) is 0 Å². The maximum absolute atomic E-state index is 13.3. The van der Waals surface area contributed by atoms with Crippen LogP contribution in [-0.4, -0.2) is 86.8 Å².